The number of ether oxygens (including phenoxy) is 1. The monoisotopic (exact) mass is 439 g/mol. The normalized spacial score (nSPS) is 11.1. The largest absolute Gasteiger partial charge is 0.494 e. The second-order valence-electron chi connectivity index (χ2n) is 7.05. The zero-order valence-corrected chi connectivity index (χ0v) is 18.5. The molecule has 0 saturated heterocycles. The van der Waals surface area contributed by atoms with Crippen molar-refractivity contribution in [1.29, 1.82) is 0 Å². The van der Waals surface area contributed by atoms with E-state index in [1.54, 1.807) is 54.7 Å². The molecule has 8 heteroatoms. The Hall–Kier alpha value is -3.39. The van der Waals surface area contributed by atoms with Crippen LogP contribution in [0, 0.1) is 6.92 Å². The third kappa shape index (κ3) is 5.61. The van der Waals surface area contributed by atoms with E-state index in [9.17, 15) is 13.2 Å². The lowest BCUT2D eigenvalue weighted by Crippen LogP contribution is -2.26. The molecule has 31 heavy (non-hydrogen) atoms. The Kier molecular flexibility index (Phi) is 6.91. The van der Waals surface area contributed by atoms with E-state index in [1.807, 2.05) is 19.9 Å². The molecule has 1 amide bonds. The van der Waals surface area contributed by atoms with Crippen molar-refractivity contribution < 1.29 is 17.9 Å². The number of rotatable bonds is 8. The van der Waals surface area contributed by atoms with Crippen LogP contribution in [-0.2, 0) is 16.6 Å². The summed E-state index contributed by atoms with van der Waals surface area (Å²) in [6.45, 7) is 4.72. The Bertz CT molecular complexity index is 1160. The van der Waals surface area contributed by atoms with Gasteiger partial charge in [0.05, 0.1) is 11.5 Å². The van der Waals surface area contributed by atoms with E-state index < -0.39 is 10.0 Å². The van der Waals surface area contributed by atoms with Gasteiger partial charge in [-0.3, -0.25) is 14.5 Å². The fraction of sp³-hybridized carbons (Fsp3) is 0.217. The van der Waals surface area contributed by atoms with Crippen molar-refractivity contribution in [3.05, 3.63) is 83.7 Å². The molecule has 7 nitrogen and oxygen atoms in total. The molecule has 3 rings (SSSR count). The maximum Gasteiger partial charge on any atom is 0.261 e. The first kappa shape index (κ1) is 22.3. The zero-order valence-electron chi connectivity index (χ0n) is 17.7. The number of benzene rings is 2. The van der Waals surface area contributed by atoms with Gasteiger partial charge in [0.15, 0.2) is 0 Å². The smallest absolute Gasteiger partial charge is 0.261 e. The Morgan fingerprint density at radius 1 is 1.13 bits per heavy atom. The van der Waals surface area contributed by atoms with Gasteiger partial charge in [0.1, 0.15) is 5.75 Å². The highest BCUT2D eigenvalue weighted by Gasteiger charge is 2.17. The Morgan fingerprint density at radius 2 is 1.87 bits per heavy atom. The summed E-state index contributed by atoms with van der Waals surface area (Å²) in [5.41, 5.74) is 2.69. The molecular formula is C23H25N3O4S. The summed E-state index contributed by atoms with van der Waals surface area (Å²) in [5.74, 6) is 0.381. The van der Waals surface area contributed by atoms with E-state index in [0.29, 0.717) is 30.2 Å². The predicted octanol–water partition coefficient (Wildman–Crippen LogP) is 3.86. The second-order valence-corrected chi connectivity index (χ2v) is 8.74. The summed E-state index contributed by atoms with van der Waals surface area (Å²) < 4.78 is 33.3. The van der Waals surface area contributed by atoms with Crippen LogP contribution >= 0.6 is 0 Å². The van der Waals surface area contributed by atoms with Gasteiger partial charge in [-0.2, -0.15) is 0 Å². The summed E-state index contributed by atoms with van der Waals surface area (Å²) in [5, 5.41) is 0. The molecule has 162 valence electrons. The van der Waals surface area contributed by atoms with Crippen molar-refractivity contribution in [2.75, 3.05) is 18.4 Å². The molecule has 0 radical (unpaired) electrons. The number of hydrogen-bond acceptors (Lipinski definition) is 5. The van der Waals surface area contributed by atoms with Crippen LogP contribution in [0.5, 0.6) is 5.75 Å². The van der Waals surface area contributed by atoms with E-state index in [4.69, 9.17) is 4.74 Å². The molecule has 0 fully saturated rings. The Balaban J connectivity index is 1.74. The number of nitrogens with zero attached hydrogens (tertiary/aromatic N) is 2. The molecule has 0 aliphatic rings. The number of carbonyl (C=O) groups excluding carboxylic acids is 1. The van der Waals surface area contributed by atoms with Gasteiger partial charge in [0.25, 0.3) is 15.9 Å². The van der Waals surface area contributed by atoms with E-state index >= 15 is 0 Å². The molecule has 0 spiro atoms. The quantitative estimate of drug-likeness (QED) is 0.576. The average molecular weight is 440 g/mol. The van der Waals surface area contributed by atoms with Gasteiger partial charge in [0, 0.05) is 37.2 Å². The first-order valence-corrected chi connectivity index (χ1v) is 11.3. The van der Waals surface area contributed by atoms with Crippen molar-refractivity contribution in [1.82, 2.24) is 9.88 Å². The summed E-state index contributed by atoms with van der Waals surface area (Å²) in [7, 11) is -2.10. The highest BCUT2D eigenvalue weighted by molar-refractivity contribution is 7.92. The molecule has 1 heterocycles. The van der Waals surface area contributed by atoms with Gasteiger partial charge in [0.2, 0.25) is 0 Å². The summed E-state index contributed by atoms with van der Waals surface area (Å²) in [6.07, 6.45) is 3.45. The number of pyridine rings is 1. The summed E-state index contributed by atoms with van der Waals surface area (Å²) in [6, 6.07) is 14.5. The molecule has 0 aliphatic heterocycles. The molecule has 1 aromatic heterocycles. The molecule has 2 aromatic carbocycles. The minimum Gasteiger partial charge on any atom is -0.494 e. The van der Waals surface area contributed by atoms with Crippen LogP contribution in [0.25, 0.3) is 0 Å². The maximum absolute atomic E-state index is 12.9. The molecule has 0 atom stereocenters. The number of nitrogens with one attached hydrogen (secondary N) is 1. The van der Waals surface area contributed by atoms with Gasteiger partial charge >= 0.3 is 0 Å². The molecule has 0 bridgehead atoms. The van der Waals surface area contributed by atoms with Gasteiger partial charge in [-0.1, -0.05) is 6.07 Å². The molecule has 3 aromatic rings. The number of anilines is 1. The van der Waals surface area contributed by atoms with Crippen LogP contribution in [0.1, 0.15) is 28.4 Å². The maximum atomic E-state index is 12.9. The van der Waals surface area contributed by atoms with Crippen molar-refractivity contribution >= 4 is 21.6 Å². The minimum atomic E-state index is -3.80. The zero-order chi connectivity index (χ0) is 22.4. The number of hydrogen-bond donors (Lipinski definition) is 1. The minimum absolute atomic E-state index is 0.108. The lowest BCUT2D eigenvalue weighted by Gasteiger charge is -2.19. The van der Waals surface area contributed by atoms with Gasteiger partial charge in [-0.25, -0.2) is 8.42 Å². The highest BCUT2D eigenvalue weighted by atomic mass is 32.2. The highest BCUT2D eigenvalue weighted by Crippen LogP contribution is 2.21. The van der Waals surface area contributed by atoms with Crippen LogP contribution in [0.2, 0.25) is 0 Å². The van der Waals surface area contributed by atoms with Crippen molar-refractivity contribution in [3.8, 4) is 5.75 Å². The number of sulfonamides is 1. The van der Waals surface area contributed by atoms with Crippen molar-refractivity contribution in [2.45, 2.75) is 25.3 Å². The van der Waals surface area contributed by atoms with Crippen molar-refractivity contribution in [3.63, 3.8) is 0 Å². The SMILES string of the molecule is CCOc1ccc(S(=O)(=O)Nc2cccc(C(=O)N(C)Cc3cnccc3C)c2)cc1. The first-order valence-electron chi connectivity index (χ1n) is 9.81. The molecular weight excluding hydrogens is 414 g/mol. The van der Waals surface area contributed by atoms with E-state index in [0.717, 1.165) is 11.1 Å². The first-order chi connectivity index (χ1) is 14.8. The average Bonchev–Trinajstić information content (AvgIpc) is 2.75. The van der Waals surface area contributed by atoms with Crippen LogP contribution < -0.4 is 9.46 Å². The Morgan fingerprint density at radius 3 is 2.55 bits per heavy atom. The number of aryl methyl sites for hydroxylation is 1. The number of amides is 1. The third-order valence-corrected chi connectivity index (χ3v) is 6.11. The Labute approximate surface area is 182 Å². The summed E-state index contributed by atoms with van der Waals surface area (Å²) in [4.78, 5) is 18.7. The lowest BCUT2D eigenvalue weighted by molar-refractivity contribution is 0.0785. The van der Waals surface area contributed by atoms with Crippen LogP contribution in [-0.4, -0.2) is 37.9 Å². The van der Waals surface area contributed by atoms with Crippen LogP contribution in [0.3, 0.4) is 0 Å². The van der Waals surface area contributed by atoms with Crippen LogP contribution in [0.4, 0.5) is 5.69 Å². The fourth-order valence-electron chi connectivity index (χ4n) is 3.02. The number of carbonyl (C=O) groups is 1. The molecule has 0 aliphatic carbocycles. The third-order valence-electron chi connectivity index (χ3n) is 4.71. The standard InChI is InChI=1S/C23H25N3O4S/c1-4-30-21-8-10-22(11-9-21)31(28,29)25-20-7-5-6-18(14-20)23(27)26(3)16-19-15-24-13-12-17(19)2/h5-15,25H,4,16H2,1-3H3. The van der Waals surface area contributed by atoms with E-state index in [1.165, 1.54) is 18.2 Å². The van der Waals surface area contributed by atoms with E-state index in [2.05, 4.69) is 9.71 Å². The topological polar surface area (TPSA) is 88.6 Å². The van der Waals surface area contributed by atoms with Gasteiger partial charge in [-0.15, -0.1) is 0 Å². The second kappa shape index (κ2) is 9.61. The number of aromatic nitrogens is 1. The molecule has 1 N–H and O–H groups in total. The van der Waals surface area contributed by atoms with Gasteiger partial charge in [-0.05, 0) is 73.5 Å². The lowest BCUT2D eigenvalue weighted by atomic mass is 10.1. The predicted molar refractivity (Wildman–Crippen MR) is 120 cm³/mol. The van der Waals surface area contributed by atoms with E-state index in [-0.39, 0.29) is 10.8 Å². The molecule has 0 unspecified atom stereocenters. The van der Waals surface area contributed by atoms with Crippen molar-refractivity contribution in [2.24, 2.45) is 0 Å². The van der Waals surface area contributed by atoms with Gasteiger partial charge < -0.3 is 9.64 Å². The molecule has 0 saturated carbocycles. The fourth-order valence-corrected chi connectivity index (χ4v) is 4.07. The van der Waals surface area contributed by atoms with Crippen LogP contribution in [0.15, 0.2) is 71.9 Å². The summed E-state index contributed by atoms with van der Waals surface area (Å²) >= 11 is 0.